The Morgan fingerprint density at radius 2 is 2.29 bits per heavy atom. The molecule has 0 saturated carbocycles. The van der Waals surface area contributed by atoms with Crippen LogP contribution in [0, 0.1) is 0 Å². The fourth-order valence-corrected chi connectivity index (χ4v) is 2.78. The summed E-state index contributed by atoms with van der Waals surface area (Å²) >= 11 is 0. The van der Waals surface area contributed by atoms with Crippen LogP contribution in [0.3, 0.4) is 0 Å². The number of benzene rings is 1. The smallest absolute Gasteiger partial charge is 0.121 e. The predicted octanol–water partition coefficient (Wildman–Crippen LogP) is 2.01. The number of ether oxygens (including phenoxy) is 2. The number of rotatable bonds is 3. The van der Waals surface area contributed by atoms with Crippen LogP contribution in [0.5, 0.6) is 5.75 Å². The van der Waals surface area contributed by atoms with Crippen molar-refractivity contribution in [2.75, 3.05) is 18.2 Å². The maximum Gasteiger partial charge on any atom is 0.121 e. The zero-order valence-electron chi connectivity index (χ0n) is 9.98. The molecule has 2 aliphatic heterocycles. The van der Waals surface area contributed by atoms with Gasteiger partial charge in [0.15, 0.2) is 0 Å². The molecule has 1 aromatic rings. The van der Waals surface area contributed by atoms with Gasteiger partial charge in [0.05, 0.1) is 36.7 Å². The van der Waals surface area contributed by atoms with E-state index in [-0.39, 0.29) is 0 Å². The minimum absolute atomic E-state index is 0.352. The van der Waals surface area contributed by atoms with Gasteiger partial charge in [-0.1, -0.05) is 0 Å². The Morgan fingerprint density at radius 3 is 2.94 bits per heavy atom. The molecule has 4 nitrogen and oxygen atoms in total. The Balaban J connectivity index is 1.76. The van der Waals surface area contributed by atoms with Crippen LogP contribution in [-0.2, 0) is 4.74 Å². The van der Waals surface area contributed by atoms with E-state index in [4.69, 9.17) is 15.2 Å². The van der Waals surface area contributed by atoms with Crippen molar-refractivity contribution in [2.24, 2.45) is 0 Å². The quantitative estimate of drug-likeness (QED) is 0.785. The Morgan fingerprint density at radius 1 is 1.41 bits per heavy atom. The maximum absolute atomic E-state index is 5.96. The molecule has 92 valence electrons. The average molecular weight is 234 g/mol. The lowest BCUT2D eigenvalue weighted by Gasteiger charge is -2.22. The van der Waals surface area contributed by atoms with E-state index >= 15 is 0 Å². The number of anilines is 2. The third-order valence-corrected chi connectivity index (χ3v) is 3.71. The molecule has 2 saturated heterocycles. The first-order chi connectivity index (χ1) is 8.26. The van der Waals surface area contributed by atoms with Crippen LogP contribution in [0.25, 0.3) is 0 Å². The first-order valence-electron chi connectivity index (χ1n) is 6.12. The standard InChI is InChI=1S/C13H18N2O2/c1-16-8-2-4-10(14)11(6-8)15-12-7-9-3-5-13(12)17-9/h2,4,6,9,12-13,15H,3,5,7,14H2,1H3. The van der Waals surface area contributed by atoms with E-state index in [2.05, 4.69) is 5.32 Å². The summed E-state index contributed by atoms with van der Waals surface area (Å²) in [6.07, 6.45) is 4.25. The normalized spacial score (nSPS) is 30.5. The van der Waals surface area contributed by atoms with Gasteiger partial charge in [-0.25, -0.2) is 0 Å². The van der Waals surface area contributed by atoms with Gasteiger partial charge in [0.2, 0.25) is 0 Å². The molecule has 1 aromatic carbocycles. The molecule has 0 radical (unpaired) electrons. The second-order valence-electron chi connectivity index (χ2n) is 4.81. The Bertz CT molecular complexity index is 422. The summed E-state index contributed by atoms with van der Waals surface area (Å²) in [5.41, 5.74) is 7.67. The fraction of sp³-hybridized carbons (Fsp3) is 0.538. The molecule has 3 rings (SSSR count). The molecular formula is C13H18N2O2. The van der Waals surface area contributed by atoms with Gasteiger partial charge < -0.3 is 20.5 Å². The van der Waals surface area contributed by atoms with Gasteiger partial charge in [0.1, 0.15) is 5.75 Å². The van der Waals surface area contributed by atoms with Crippen molar-refractivity contribution in [1.29, 1.82) is 0 Å². The van der Waals surface area contributed by atoms with Crippen LogP contribution >= 0.6 is 0 Å². The van der Waals surface area contributed by atoms with Crippen LogP contribution < -0.4 is 15.8 Å². The molecule has 3 atom stereocenters. The highest BCUT2D eigenvalue weighted by molar-refractivity contribution is 5.68. The molecule has 4 heteroatoms. The summed E-state index contributed by atoms with van der Waals surface area (Å²) in [5.74, 6) is 0.825. The van der Waals surface area contributed by atoms with Gasteiger partial charge >= 0.3 is 0 Å². The van der Waals surface area contributed by atoms with E-state index in [1.165, 1.54) is 6.42 Å². The molecule has 0 spiro atoms. The van der Waals surface area contributed by atoms with Gasteiger partial charge in [-0.05, 0) is 31.4 Å². The number of nitrogens with one attached hydrogen (secondary N) is 1. The average Bonchev–Trinajstić information content (AvgIpc) is 2.94. The van der Waals surface area contributed by atoms with Gasteiger partial charge in [-0.2, -0.15) is 0 Å². The monoisotopic (exact) mass is 234 g/mol. The molecule has 0 aromatic heterocycles. The molecule has 2 aliphatic rings. The Labute approximate surface area is 101 Å². The number of nitrogens with two attached hydrogens (primary N) is 1. The molecular weight excluding hydrogens is 216 g/mol. The third kappa shape index (κ3) is 1.93. The van der Waals surface area contributed by atoms with Gasteiger partial charge in [-0.15, -0.1) is 0 Å². The Hall–Kier alpha value is -1.42. The van der Waals surface area contributed by atoms with Crippen molar-refractivity contribution >= 4 is 11.4 Å². The molecule has 2 fully saturated rings. The van der Waals surface area contributed by atoms with Crippen LogP contribution in [0.2, 0.25) is 0 Å². The lowest BCUT2D eigenvalue weighted by molar-refractivity contribution is 0.102. The summed E-state index contributed by atoms with van der Waals surface area (Å²) in [5, 5.41) is 3.49. The van der Waals surface area contributed by atoms with Crippen LogP contribution in [0.1, 0.15) is 19.3 Å². The van der Waals surface area contributed by atoms with E-state index in [1.807, 2.05) is 18.2 Å². The number of nitrogen functional groups attached to an aromatic ring is 1. The zero-order valence-corrected chi connectivity index (χ0v) is 9.98. The summed E-state index contributed by atoms with van der Waals surface area (Å²) in [6.45, 7) is 0. The maximum atomic E-state index is 5.96. The summed E-state index contributed by atoms with van der Waals surface area (Å²) in [7, 11) is 1.66. The van der Waals surface area contributed by atoms with Crippen LogP contribution in [0.4, 0.5) is 11.4 Å². The number of fused-ring (bicyclic) bond motifs is 2. The fourth-order valence-electron chi connectivity index (χ4n) is 2.78. The second kappa shape index (κ2) is 4.11. The van der Waals surface area contributed by atoms with Gasteiger partial charge in [0, 0.05) is 6.07 Å². The first-order valence-corrected chi connectivity index (χ1v) is 6.12. The van der Waals surface area contributed by atoms with E-state index in [0.717, 1.165) is 30.0 Å². The topological polar surface area (TPSA) is 56.5 Å². The Kier molecular flexibility index (Phi) is 2.59. The van der Waals surface area contributed by atoms with E-state index < -0.39 is 0 Å². The molecule has 2 bridgehead atoms. The number of hydrogen-bond donors (Lipinski definition) is 2. The molecule has 3 unspecified atom stereocenters. The molecule has 0 amide bonds. The summed E-state index contributed by atoms with van der Waals surface area (Å²) < 4.78 is 11.0. The highest BCUT2D eigenvalue weighted by atomic mass is 16.5. The first kappa shape index (κ1) is 10.7. The SMILES string of the molecule is COc1ccc(N)c(NC2CC3CCC2O3)c1. The second-order valence-corrected chi connectivity index (χ2v) is 4.81. The lowest BCUT2D eigenvalue weighted by atomic mass is 9.95. The predicted molar refractivity (Wildman–Crippen MR) is 67.3 cm³/mol. The van der Waals surface area contributed by atoms with Crippen molar-refractivity contribution < 1.29 is 9.47 Å². The minimum Gasteiger partial charge on any atom is -0.497 e. The van der Waals surface area contributed by atoms with E-state index in [9.17, 15) is 0 Å². The summed E-state index contributed by atoms with van der Waals surface area (Å²) in [6, 6.07) is 6.08. The third-order valence-electron chi connectivity index (χ3n) is 3.71. The van der Waals surface area contributed by atoms with E-state index in [1.54, 1.807) is 7.11 Å². The number of methoxy groups -OCH3 is 1. The van der Waals surface area contributed by atoms with Crippen molar-refractivity contribution in [3.63, 3.8) is 0 Å². The molecule has 3 N–H and O–H groups in total. The minimum atomic E-state index is 0.352. The van der Waals surface area contributed by atoms with Gasteiger partial charge in [-0.3, -0.25) is 0 Å². The highest BCUT2D eigenvalue weighted by Crippen LogP contribution is 2.37. The summed E-state index contributed by atoms with van der Waals surface area (Å²) in [4.78, 5) is 0. The largest absolute Gasteiger partial charge is 0.497 e. The lowest BCUT2D eigenvalue weighted by Crippen LogP contribution is -2.30. The highest BCUT2D eigenvalue weighted by Gasteiger charge is 2.40. The van der Waals surface area contributed by atoms with Crippen LogP contribution in [-0.4, -0.2) is 25.4 Å². The number of hydrogen-bond acceptors (Lipinski definition) is 4. The molecule has 2 heterocycles. The van der Waals surface area contributed by atoms with Crippen molar-refractivity contribution in [2.45, 2.75) is 37.5 Å². The molecule has 0 aliphatic carbocycles. The molecule has 17 heavy (non-hydrogen) atoms. The van der Waals surface area contributed by atoms with Crippen molar-refractivity contribution in [3.05, 3.63) is 18.2 Å². The van der Waals surface area contributed by atoms with Crippen molar-refractivity contribution in [3.8, 4) is 5.75 Å². The van der Waals surface area contributed by atoms with Crippen molar-refractivity contribution in [1.82, 2.24) is 0 Å². The van der Waals surface area contributed by atoms with Crippen LogP contribution in [0.15, 0.2) is 18.2 Å². The zero-order chi connectivity index (χ0) is 11.8. The van der Waals surface area contributed by atoms with E-state index in [0.29, 0.717) is 18.2 Å². The van der Waals surface area contributed by atoms with Gasteiger partial charge in [0.25, 0.3) is 0 Å².